The van der Waals surface area contributed by atoms with Crippen molar-refractivity contribution >= 4 is 17.3 Å². The van der Waals surface area contributed by atoms with Crippen molar-refractivity contribution in [2.45, 2.75) is 6.10 Å². The first-order chi connectivity index (χ1) is 12.1. The van der Waals surface area contributed by atoms with Crippen LogP contribution in [-0.2, 0) is 0 Å². The summed E-state index contributed by atoms with van der Waals surface area (Å²) in [5.74, 6) is 0.838. The summed E-state index contributed by atoms with van der Waals surface area (Å²) in [6, 6.07) is 14.4. The summed E-state index contributed by atoms with van der Waals surface area (Å²) in [4.78, 5) is 4.51. The van der Waals surface area contributed by atoms with E-state index < -0.39 is 6.10 Å². The minimum absolute atomic E-state index is 0.198. The number of hydrogen-bond donors (Lipinski definition) is 2. The number of phenolic OH excluding ortho intramolecular Hbond substituents is 1. The summed E-state index contributed by atoms with van der Waals surface area (Å²) in [6.45, 7) is 4.33. The molecule has 134 valence electrons. The van der Waals surface area contributed by atoms with Gasteiger partial charge in [0.05, 0.1) is 10.7 Å². The van der Waals surface area contributed by atoms with Gasteiger partial charge in [0.15, 0.2) is 0 Å². The van der Waals surface area contributed by atoms with Gasteiger partial charge in [-0.25, -0.2) is 0 Å². The van der Waals surface area contributed by atoms with Gasteiger partial charge in [0.25, 0.3) is 0 Å². The molecule has 1 fully saturated rings. The number of rotatable bonds is 6. The van der Waals surface area contributed by atoms with Crippen LogP contribution in [-0.4, -0.2) is 60.5 Å². The summed E-state index contributed by atoms with van der Waals surface area (Å²) in [5, 5.41) is 20.2. The first-order valence-electron chi connectivity index (χ1n) is 8.43. The molecule has 2 aromatic rings. The van der Waals surface area contributed by atoms with Gasteiger partial charge in [-0.2, -0.15) is 0 Å². The predicted molar refractivity (Wildman–Crippen MR) is 99.7 cm³/mol. The van der Waals surface area contributed by atoms with E-state index >= 15 is 0 Å². The van der Waals surface area contributed by atoms with Crippen molar-refractivity contribution in [1.29, 1.82) is 0 Å². The molecule has 0 spiro atoms. The molecule has 1 saturated heterocycles. The van der Waals surface area contributed by atoms with Crippen LogP contribution in [0.3, 0.4) is 0 Å². The van der Waals surface area contributed by atoms with Gasteiger partial charge in [0.1, 0.15) is 24.2 Å². The summed E-state index contributed by atoms with van der Waals surface area (Å²) in [5.41, 5.74) is 1.07. The molecule has 5 nitrogen and oxygen atoms in total. The molecule has 0 bridgehead atoms. The van der Waals surface area contributed by atoms with Crippen LogP contribution in [0.1, 0.15) is 0 Å². The second kappa shape index (κ2) is 8.43. The first kappa shape index (κ1) is 17.9. The smallest absolute Gasteiger partial charge is 0.119 e. The Morgan fingerprint density at radius 2 is 1.68 bits per heavy atom. The average Bonchev–Trinajstić information content (AvgIpc) is 2.62. The number of aromatic hydroxyl groups is 1. The van der Waals surface area contributed by atoms with E-state index in [9.17, 15) is 10.2 Å². The third-order valence-electron chi connectivity index (χ3n) is 4.31. The van der Waals surface area contributed by atoms with Gasteiger partial charge in [-0.1, -0.05) is 23.7 Å². The standard InChI is InChI=1S/C19H23ClN2O3/c20-18-3-1-2-4-19(18)22-11-9-21(10-12-22)13-16(24)14-25-17-7-5-15(23)6-8-17/h1-8,16,23-24H,9-14H2. The van der Waals surface area contributed by atoms with Crippen molar-refractivity contribution < 1.29 is 14.9 Å². The summed E-state index contributed by atoms with van der Waals surface area (Å²) in [6.07, 6.45) is -0.555. The Balaban J connectivity index is 1.42. The second-order valence-electron chi connectivity index (χ2n) is 6.20. The van der Waals surface area contributed by atoms with E-state index in [4.69, 9.17) is 16.3 Å². The van der Waals surface area contributed by atoms with E-state index in [1.54, 1.807) is 24.3 Å². The number of phenols is 1. The summed E-state index contributed by atoms with van der Waals surface area (Å²) in [7, 11) is 0. The monoisotopic (exact) mass is 362 g/mol. The lowest BCUT2D eigenvalue weighted by Gasteiger charge is -2.37. The number of ether oxygens (including phenoxy) is 1. The average molecular weight is 363 g/mol. The minimum Gasteiger partial charge on any atom is -0.508 e. The third-order valence-corrected chi connectivity index (χ3v) is 4.63. The topological polar surface area (TPSA) is 56.2 Å². The van der Waals surface area contributed by atoms with Crippen LogP contribution in [0.25, 0.3) is 0 Å². The molecule has 25 heavy (non-hydrogen) atoms. The molecule has 6 heteroatoms. The van der Waals surface area contributed by atoms with E-state index in [0.29, 0.717) is 12.3 Å². The first-order valence-corrected chi connectivity index (χ1v) is 8.81. The zero-order valence-corrected chi connectivity index (χ0v) is 14.8. The number of nitrogens with zero attached hydrogens (tertiary/aromatic N) is 2. The Morgan fingerprint density at radius 1 is 1.00 bits per heavy atom. The van der Waals surface area contributed by atoms with Crippen molar-refractivity contribution in [3.05, 3.63) is 53.6 Å². The van der Waals surface area contributed by atoms with Crippen LogP contribution < -0.4 is 9.64 Å². The lowest BCUT2D eigenvalue weighted by molar-refractivity contribution is 0.0663. The van der Waals surface area contributed by atoms with Gasteiger partial charge in [0.2, 0.25) is 0 Å². The molecule has 1 aliphatic rings. The van der Waals surface area contributed by atoms with Crippen LogP contribution in [0.2, 0.25) is 5.02 Å². The third kappa shape index (κ3) is 5.01. The van der Waals surface area contributed by atoms with Gasteiger partial charge < -0.3 is 19.8 Å². The highest BCUT2D eigenvalue weighted by atomic mass is 35.5. The number of benzene rings is 2. The van der Waals surface area contributed by atoms with Gasteiger partial charge in [0, 0.05) is 32.7 Å². The quantitative estimate of drug-likeness (QED) is 0.827. The highest BCUT2D eigenvalue weighted by Gasteiger charge is 2.20. The van der Waals surface area contributed by atoms with Crippen LogP contribution in [0.15, 0.2) is 48.5 Å². The normalized spacial score (nSPS) is 16.6. The van der Waals surface area contributed by atoms with Crippen LogP contribution in [0.5, 0.6) is 11.5 Å². The number of piperazine rings is 1. The fourth-order valence-electron chi connectivity index (χ4n) is 2.97. The SMILES string of the molecule is Oc1ccc(OCC(O)CN2CCN(c3ccccc3Cl)CC2)cc1. The molecule has 0 aromatic heterocycles. The second-order valence-corrected chi connectivity index (χ2v) is 6.60. The number of β-amino-alcohol motifs (C(OH)–C–C–N with tert-alkyl or cyclic N) is 1. The lowest BCUT2D eigenvalue weighted by Crippen LogP contribution is -2.49. The number of anilines is 1. The van der Waals surface area contributed by atoms with E-state index in [1.165, 1.54) is 0 Å². The fourth-order valence-corrected chi connectivity index (χ4v) is 3.22. The Kier molecular flexibility index (Phi) is 6.02. The van der Waals surface area contributed by atoms with Crippen molar-refractivity contribution in [3.8, 4) is 11.5 Å². The molecule has 1 aliphatic heterocycles. The largest absolute Gasteiger partial charge is 0.508 e. The fraction of sp³-hybridized carbons (Fsp3) is 0.368. The maximum absolute atomic E-state index is 10.2. The molecule has 1 unspecified atom stereocenters. The molecular weight excluding hydrogens is 340 g/mol. The maximum Gasteiger partial charge on any atom is 0.119 e. The minimum atomic E-state index is -0.555. The molecule has 0 radical (unpaired) electrons. The predicted octanol–water partition coefficient (Wildman–Crippen LogP) is 2.61. The van der Waals surface area contributed by atoms with E-state index in [1.807, 2.05) is 24.3 Å². The molecule has 0 aliphatic carbocycles. The zero-order chi connectivity index (χ0) is 17.6. The lowest BCUT2D eigenvalue weighted by atomic mass is 10.2. The molecule has 0 saturated carbocycles. The molecule has 0 amide bonds. The molecule has 1 heterocycles. The van der Waals surface area contributed by atoms with Crippen molar-refractivity contribution in [3.63, 3.8) is 0 Å². The molecule has 3 rings (SSSR count). The number of aliphatic hydroxyl groups is 1. The Hall–Kier alpha value is -1.95. The number of aliphatic hydroxyl groups excluding tert-OH is 1. The zero-order valence-electron chi connectivity index (χ0n) is 14.0. The summed E-state index contributed by atoms with van der Waals surface area (Å²) < 4.78 is 5.55. The van der Waals surface area contributed by atoms with Crippen LogP contribution in [0.4, 0.5) is 5.69 Å². The van der Waals surface area contributed by atoms with E-state index in [-0.39, 0.29) is 12.4 Å². The van der Waals surface area contributed by atoms with Gasteiger partial charge in [-0.3, -0.25) is 4.90 Å². The highest BCUT2D eigenvalue weighted by molar-refractivity contribution is 6.33. The van der Waals surface area contributed by atoms with E-state index in [0.717, 1.165) is 36.9 Å². The maximum atomic E-state index is 10.2. The van der Waals surface area contributed by atoms with Gasteiger partial charge in [-0.05, 0) is 36.4 Å². The Bertz CT molecular complexity index is 673. The number of hydrogen-bond acceptors (Lipinski definition) is 5. The van der Waals surface area contributed by atoms with Gasteiger partial charge >= 0.3 is 0 Å². The number of halogens is 1. The summed E-state index contributed by atoms with van der Waals surface area (Å²) >= 11 is 6.26. The highest BCUT2D eigenvalue weighted by Crippen LogP contribution is 2.26. The van der Waals surface area contributed by atoms with E-state index in [2.05, 4.69) is 9.80 Å². The Morgan fingerprint density at radius 3 is 2.36 bits per heavy atom. The van der Waals surface area contributed by atoms with Crippen molar-refractivity contribution in [1.82, 2.24) is 4.90 Å². The van der Waals surface area contributed by atoms with Crippen molar-refractivity contribution in [2.75, 3.05) is 44.2 Å². The van der Waals surface area contributed by atoms with Crippen molar-refractivity contribution in [2.24, 2.45) is 0 Å². The Labute approximate surface area is 153 Å². The van der Waals surface area contributed by atoms with Crippen LogP contribution >= 0.6 is 11.6 Å². The van der Waals surface area contributed by atoms with Gasteiger partial charge in [-0.15, -0.1) is 0 Å². The van der Waals surface area contributed by atoms with Crippen LogP contribution in [0, 0.1) is 0 Å². The molecular formula is C19H23ClN2O3. The molecule has 2 N–H and O–H groups in total. The number of para-hydroxylation sites is 1. The molecule has 2 aromatic carbocycles. The molecule has 1 atom stereocenters.